The van der Waals surface area contributed by atoms with E-state index < -0.39 is 0 Å². The molecule has 1 amide bonds. The van der Waals surface area contributed by atoms with Gasteiger partial charge in [-0.1, -0.05) is 0 Å². The number of nitrogens with one attached hydrogen (secondary N) is 1. The van der Waals surface area contributed by atoms with Crippen LogP contribution in [-0.2, 0) is 4.79 Å². The van der Waals surface area contributed by atoms with Crippen molar-refractivity contribution < 1.29 is 9.90 Å². The van der Waals surface area contributed by atoms with Gasteiger partial charge < -0.3 is 15.3 Å². The number of nitrogens with zero attached hydrogens (tertiary/aromatic N) is 1. The van der Waals surface area contributed by atoms with E-state index >= 15 is 0 Å². The highest BCUT2D eigenvalue weighted by atomic mass is 35.5. The van der Waals surface area contributed by atoms with E-state index in [-0.39, 0.29) is 24.1 Å². The molecule has 0 aromatic heterocycles. The summed E-state index contributed by atoms with van der Waals surface area (Å²) in [7, 11) is 3.66. The molecule has 1 aromatic rings. The Bertz CT molecular complexity index is 312. The molecule has 0 aliphatic rings. The van der Waals surface area contributed by atoms with Crippen molar-refractivity contribution in [1.29, 1.82) is 0 Å². The molecule has 5 heteroatoms. The van der Waals surface area contributed by atoms with Gasteiger partial charge in [0.2, 0.25) is 5.91 Å². The molecule has 0 radical (unpaired) electrons. The number of likely N-dealkylation sites (N-methyl/N-ethyl adjacent to an activating group) is 1. The third-order valence-electron chi connectivity index (χ3n) is 1.61. The second-order valence-electron chi connectivity index (χ2n) is 3.33. The molecular formula is C10H15ClN2O2. The van der Waals surface area contributed by atoms with E-state index in [1.54, 1.807) is 17.0 Å². The second-order valence-corrected chi connectivity index (χ2v) is 3.33. The van der Waals surface area contributed by atoms with Gasteiger partial charge in [0.1, 0.15) is 5.75 Å². The number of benzene rings is 1. The van der Waals surface area contributed by atoms with Gasteiger partial charge in [-0.15, -0.1) is 12.4 Å². The number of hydrogen-bond donors (Lipinski definition) is 2. The lowest BCUT2D eigenvalue weighted by atomic mass is 10.3. The van der Waals surface area contributed by atoms with Gasteiger partial charge in [-0.25, -0.2) is 0 Å². The summed E-state index contributed by atoms with van der Waals surface area (Å²) in [6.07, 6.45) is 0. The van der Waals surface area contributed by atoms with Crippen LogP contribution in [0.3, 0.4) is 0 Å². The van der Waals surface area contributed by atoms with E-state index in [0.717, 1.165) is 0 Å². The molecule has 0 aliphatic heterocycles. The van der Waals surface area contributed by atoms with E-state index in [2.05, 4.69) is 5.32 Å². The number of carbonyl (C=O) groups is 1. The van der Waals surface area contributed by atoms with Gasteiger partial charge in [-0.2, -0.15) is 0 Å². The summed E-state index contributed by atoms with van der Waals surface area (Å²) in [6.45, 7) is 0.348. The van der Waals surface area contributed by atoms with Crippen LogP contribution in [0.2, 0.25) is 0 Å². The summed E-state index contributed by atoms with van der Waals surface area (Å²) in [6, 6.07) is 6.38. The highest BCUT2D eigenvalue weighted by molar-refractivity contribution is 5.92. The maximum Gasteiger partial charge on any atom is 0.238 e. The van der Waals surface area contributed by atoms with E-state index in [4.69, 9.17) is 5.11 Å². The van der Waals surface area contributed by atoms with Crippen molar-refractivity contribution in [1.82, 2.24) is 4.90 Å². The number of aromatic hydroxyl groups is 1. The summed E-state index contributed by atoms with van der Waals surface area (Å²) in [5.41, 5.74) is 0.689. The van der Waals surface area contributed by atoms with Crippen molar-refractivity contribution in [2.45, 2.75) is 0 Å². The van der Waals surface area contributed by atoms with Crippen LogP contribution in [0.5, 0.6) is 5.75 Å². The topological polar surface area (TPSA) is 52.6 Å². The zero-order chi connectivity index (χ0) is 10.6. The number of carbonyl (C=O) groups excluding carboxylic acids is 1. The molecule has 4 nitrogen and oxygen atoms in total. The van der Waals surface area contributed by atoms with Gasteiger partial charge >= 0.3 is 0 Å². The van der Waals surface area contributed by atoms with Gasteiger partial charge in [0.15, 0.2) is 0 Å². The van der Waals surface area contributed by atoms with Crippen LogP contribution >= 0.6 is 12.4 Å². The van der Waals surface area contributed by atoms with Crippen LogP contribution in [0.15, 0.2) is 24.3 Å². The first-order valence-electron chi connectivity index (χ1n) is 4.31. The minimum absolute atomic E-state index is 0. The van der Waals surface area contributed by atoms with Crippen LogP contribution in [-0.4, -0.2) is 36.6 Å². The molecule has 2 N–H and O–H groups in total. The molecule has 0 saturated heterocycles. The van der Waals surface area contributed by atoms with Crippen LogP contribution in [0.25, 0.3) is 0 Å². The molecule has 1 aromatic carbocycles. The van der Waals surface area contributed by atoms with Crippen molar-refractivity contribution in [3.05, 3.63) is 24.3 Å². The lowest BCUT2D eigenvalue weighted by molar-refractivity contribution is -0.116. The average molecular weight is 231 g/mol. The van der Waals surface area contributed by atoms with Crippen molar-refractivity contribution in [3.8, 4) is 5.75 Å². The molecule has 0 atom stereocenters. The van der Waals surface area contributed by atoms with Crippen molar-refractivity contribution >= 4 is 24.0 Å². The lowest BCUT2D eigenvalue weighted by Gasteiger charge is -2.09. The van der Waals surface area contributed by atoms with Gasteiger partial charge in [-0.3, -0.25) is 4.79 Å². The number of hydrogen-bond acceptors (Lipinski definition) is 3. The van der Waals surface area contributed by atoms with E-state index in [0.29, 0.717) is 12.2 Å². The average Bonchev–Trinajstić information content (AvgIpc) is 2.07. The Balaban J connectivity index is 0.00000196. The normalized spacial score (nSPS) is 9.53. The summed E-state index contributed by atoms with van der Waals surface area (Å²) in [5, 5.41) is 11.7. The number of amides is 1. The van der Waals surface area contributed by atoms with Crippen LogP contribution in [0.1, 0.15) is 0 Å². The van der Waals surface area contributed by atoms with Gasteiger partial charge in [0.25, 0.3) is 0 Å². The first-order chi connectivity index (χ1) is 6.58. The number of phenols is 1. The summed E-state index contributed by atoms with van der Waals surface area (Å²) in [5.74, 6) is 0.122. The molecule has 0 saturated carbocycles. The number of halogens is 1. The van der Waals surface area contributed by atoms with Gasteiger partial charge in [0.05, 0.1) is 6.54 Å². The highest BCUT2D eigenvalue weighted by Gasteiger charge is 2.02. The Kier molecular flexibility index (Phi) is 5.74. The fourth-order valence-corrected chi connectivity index (χ4v) is 1.03. The fraction of sp³-hybridized carbons (Fsp3) is 0.300. The summed E-state index contributed by atoms with van der Waals surface area (Å²) < 4.78 is 0. The van der Waals surface area contributed by atoms with E-state index in [1.165, 1.54) is 12.1 Å². The smallest absolute Gasteiger partial charge is 0.238 e. The molecule has 1 rings (SSSR count). The predicted molar refractivity (Wildman–Crippen MR) is 62.5 cm³/mol. The molecular weight excluding hydrogens is 216 g/mol. The third-order valence-corrected chi connectivity index (χ3v) is 1.61. The number of rotatable bonds is 3. The molecule has 0 bridgehead atoms. The van der Waals surface area contributed by atoms with E-state index in [1.807, 2.05) is 14.1 Å². The minimum Gasteiger partial charge on any atom is -0.508 e. The summed E-state index contributed by atoms with van der Waals surface area (Å²) >= 11 is 0. The first-order valence-corrected chi connectivity index (χ1v) is 4.31. The van der Waals surface area contributed by atoms with Gasteiger partial charge in [-0.05, 0) is 38.4 Å². The molecule has 84 valence electrons. The van der Waals surface area contributed by atoms with Crippen LogP contribution < -0.4 is 5.32 Å². The molecule has 0 fully saturated rings. The van der Waals surface area contributed by atoms with Crippen LogP contribution in [0, 0.1) is 0 Å². The Morgan fingerprint density at radius 3 is 2.33 bits per heavy atom. The van der Waals surface area contributed by atoms with Crippen molar-refractivity contribution in [2.75, 3.05) is 26.0 Å². The molecule has 0 unspecified atom stereocenters. The molecule has 0 heterocycles. The minimum atomic E-state index is -0.0688. The highest BCUT2D eigenvalue weighted by Crippen LogP contribution is 2.13. The molecule has 0 spiro atoms. The largest absolute Gasteiger partial charge is 0.508 e. The molecule has 15 heavy (non-hydrogen) atoms. The maximum atomic E-state index is 11.3. The zero-order valence-corrected chi connectivity index (χ0v) is 9.54. The van der Waals surface area contributed by atoms with E-state index in [9.17, 15) is 4.79 Å². The van der Waals surface area contributed by atoms with Crippen LogP contribution in [0.4, 0.5) is 5.69 Å². The predicted octanol–water partition coefficient (Wildman–Crippen LogP) is 1.31. The van der Waals surface area contributed by atoms with Crippen molar-refractivity contribution in [3.63, 3.8) is 0 Å². The Labute approximate surface area is 95.3 Å². The Morgan fingerprint density at radius 1 is 1.33 bits per heavy atom. The number of anilines is 1. The third kappa shape index (κ3) is 5.24. The first kappa shape index (κ1) is 13.7. The Hall–Kier alpha value is -1.26. The monoisotopic (exact) mass is 230 g/mol. The molecule has 0 aliphatic carbocycles. The SMILES string of the molecule is CN(C)CC(=O)Nc1ccc(O)cc1.Cl. The lowest BCUT2D eigenvalue weighted by Crippen LogP contribution is -2.26. The fourth-order valence-electron chi connectivity index (χ4n) is 1.03. The zero-order valence-electron chi connectivity index (χ0n) is 8.73. The maximum absolute atomic E-state index is 11.3. The van der Waals surface area contributed by atoms with Gasteiger partial charge in [0, 0.05) is 5.69 Å². The standard InChI is InChI=1S/C10H14N2O2.ClH/c1-12(2)7-10(14)11-8-3-5-9(13)6-4-8;/h3-6,13H,7H2,1-2H3,(H,11,14);1H. The van der Waals surface area contributed by atoms with Crippen molar-refractivity contribution in [2.24, 2.45) is 0 Å². The Morgan fingerprint density at radius 2 is 1.87 bits per heavy atom. The second kappa shape index (κ2) is 6.27. The quantitative estimate of drug-likeness (QED) is 0.770. The number of phenolic OH excluding ortho intramolecular Hbond substituents is 1. The summed E-state index contributed by atoms with van der Waals surface area (Å²) in [4.78, 5) is 13.1.